The Bertz CT molecular complexity index is 1650. The molecular formula is C37H28Cl2O3. The summed E-state index contributed by atoms with van der Waals surface area (Å²) in [4.78, 5) is 11.9. The zero-order chi connectivity index (χ0) is 29.3. The lowest BCUT2D eigenvalue weighted by Gasteiger charge is -2.30. The van der Waals surface area contributed by atoms with Crippen LogP contribution in [0.1, 0.15) is 24.0 Å². The molecule has 0 amide bonds. The van der Waals surface area contributed by atoms with Crippen LogP contribution in [0.25, 0.3) is 22.3 Å². The van der Waals surface area contributed by atoms with Crippen LogP contribution in [0.2, 0.25) is 0 Å². The molecule has 4 aromatic rings. The third-order valence-electron chi connectivity index (χ3n) is 7.92. The van der Waals surface area contributed by atoms with Crippen molar-refractivity contribution in [1.82, 2.24) is 0 Å². The average Bonchev–Trinajstić information content (AvgIpc) is 3.02. The van der Waals surface area contributed by atoms with Crippen molar-refractivity contribution in [3.05, 3.63) is 156 Å². The molecule has 0 aliphatic heterocycles. The Morgan fingerprint density at radius 2 is 0.952 bits per heavy atom. The molecule has 2 N–H and O–H groups in total. The van der Waals surface area contributed by atoms with Crippen LogP contribution in [0.4, 0.5) is 0 Å². The SMILES string of the molecule is O=C(C1=CCC(Cl)(c2ccccc2-c2ccc(O)cc2)C=C1)C1=CCC(Cl)(c2ccccc2-c2ccc(O)cc2)C=C1. The van der Waals surface area contributed by atoms with E-state index < -0.39 is 9.75 Å². The predicted molar refractivity (Wildman–Crippen MR) is 171 cm³/mol. The van der Waals surface area contributed by atoms with Crippen LogP contribution in [0.3, 0.4) is 0 Å². The van der Waals surface area contributed by atoms with Gasteiger partial charge in [0, 0.05) is 11.1 Å². The molecular weight excluding hydrogens is 563 g/mol. The lowest BCUT2D eigenvalue weighted by molar-refractivity contribution is -0.111. The summed E-state index contributed by atoms with van der Waals surface area (Å²) in [6, 6.07) is 30.0. The minimum Gasteiger partial charge on any atom is -0.508 e. The molecule has 0 saturated heterocycles. The Hall–Kier alpha value is -4.31. The van der Waals surface area contributed by atoms with Gasteiger partial charge in [0.05, 0.1) is 9.75 Å². The number of carbonyl (C=O) groups excluding carboxylic acids is 1. The molecule has 5 heteroatoms. The van der Waals surface area contributed by atoms with Crippen LogP contribution >= 0.6 is 23.2 Å². The van der Waals surface area contributed by atoms with Gasteiger partial charge in [0.25, 0.3) is 0 Å². The van der Waals surface area contributed by atoms with Gasteiger partial charge >= 0.3 is 0 Å². The Morgan fingerprint density at radius 3 is 1.31 bits per heavy atom. The zero-order valence-corrected chi connectivity index (χ0v) is 24.2. The molecule has 2 aliphatic carbocycles. The van der Waals surface area contributed by atoms with Gasteiger partial charge in [-0.2, -0.15) is 0 Å². The van der Waals surface area contributed by atoms with E-state index in [9.17, 15) is 15.0 Å². The fourth-order valence-electron chi connectivity index (χ4n) is 5.61. The maximum Gasteiger partial charge on any atom is 0.192 e. The number of hydrogen-bond acceptors (Lipinski definition) is 3. The Labute approximate surface area is 255 Å². The average molecular weight is 592 g/mol. The number of halogens is 2. The van der Waals surface area contributed by atoms with Gasteiger partial charge < -0.3 is 10.2 Å². The number of alkyl halides is 2. The minimum atomic E-state index is -0.807. The number of rotatable bonds is 6. The number of aromatic hydroxyl groups is 2. The largest absolute Gasteiger partial charge is 0.508 e. The highest BCUT2D eigenvalue weighted by Gasteiger charge is 2.34. The maximum atomic E-state index is 13.5. The van der Waals surface area contributed by atoms with E-state index in [-0.39, 0.29) is 17.3 Å². The number of hydrogen-bond donors (Lipinski definition) is 2. The van der Waals surface area contributed by atoms with Gasteiger partial charge in [0.15, 0.2) is 5.78 Å². The number of allylic oxidation sites excluding steroid dienone is 8. The molecule has 0 aromatic heterocycles. The van der Waals surface area contributed by atoms with Gasteiger partial charge in [-0.05, 0) is 70.5 Å². The molecule has 2 unspecified atom stereocenters. The van der Waals surface area contributed by atoms with Crippen molar-refractivity contribution in [1.29, 1.82) is 0 Å². The van der Waals surface area contributed by atoms with Crippen LogP contribution in [0.15, 0.2) is 145 Å². The fraction of sp³-hybridized carbons (Fsp3) is 0.108. The van der Waals surface area contributed by atoms with Gasteiger partial charge in [0.2, 0.25) is 0 Å². The second kappa shape index (κ2) is 11.2. The van der Waals surface area contributed by atoms with Crippen molar-refractivity contribution in [2.45, 2.75) is 22.6 Å². The monoisotopic (exact) mass is 590 g/mol. The third-order valence-corrected chi connectivity index (χ3v) is 8.89. The van der Waals surface area contributed by atoms with Crippen LogP contribution in [0.5, 0.6) is 11.5 Å². The van der Waals surface area contributed by atoms with Gasteiger partial charge in [-0.25, -0.2) is 0 Å². The molecule has 0 radical (unpaired) electrons. The van der Waals surface area contributed by atoms with Gasteiger partial charge in [-0.1, -0.05) is 109 Å². The Morgan fingerprint density at radius 1 is 0.571 bits per heavy atom. The number of carbonyl (C=O) groups is 1. The molecule has 0 heterocycles. The topological polar surface area (TPSA) is 57.5 Å². The van der Waals surface area contributed by atoms with Crippen molar-refractivity contribution < 1.29 is 15.0 Å². The summed E-state index contributed by atoms with van der Waals surface area (Å²) in [5.74, 6) is 0.345. The molecule has 4 aromatic carbocycles. The molecule has 3 nitrogen and oxygen atoms in total. The summed E-state index contributed by atoms with van der Waals surface area (Å²) in [7, 11) is 0. The zero-order valence-electron chi connectivity index (χ0n) is 22.7. The summed E-state index contributed by atoms with van der Waals surface area (Å²) in [5.41, 5.74) is 6.92. The van der Waals surface area contributed by atoms with Crippen molar-refractivity contribution in [2.75, 3.05) is 0 Å². The molecule has 0 saturated carbocycles. The van der Waals surface area contributed by atoms with E-state index in [0.717, 1.165) is 33.4 Å². The molecule has 6 rings (SSSR count). The standard InChI is InChI=1S/C37H28Cl2O3/c38-36(33-7-3-1-5-31(33)25-9-13-29(40)14-10-25)21-17-27(18-22-36)35(42)28-19-23-37(39,24-20-28)34-8-4-2-6-32(34)26-11-15-30(41)16-12-26/h1-21,23,40-41H,22,24H2. The third kappa shape index (κ3) is 5.34. The van der Waals surface area contributed by atoms with E-state index in [4.69, 9.17) is 23.2 Å². The summed E-state index contributed by atoms with van der Waals surface area (Å²) >= 11 is 14.3. The molecule has 2 aliphatic rings. The lowest BCUT2D eigenvalue weighted by Crippen LogP contribution is -2.22. The van der Waals surface area contributed by atoms with E-state index in [1.165, 1.54) is 0 Å². The number of phenolic OH excluding ortho intramolecular Hbond substituents is 2. The van der Waals surface area contributed by atoms with Crippen LogP contribution < -0.4 is 0 Å². The molecule has 0 fully saturated rings. The van der Waals surface area contributed by atoms with E-state index in [0.29, 0.717) is 24.0 Å². The predicted octanol–water partition coefficient (Wildman–Crippen LogP) is 9.34. The van der Waals surface area contributed by atoms with Gasteiger partial charge in [-0.15, -0.1) is 23.2 Å². The molecule has 42 heavy (non-hydrogen) atoms. The van der Waals surface area contributed by atoms with Crippen molar-refractivity contribution in [2.24, 2.45) is 0 Å². The summed E-state index contributed by atoms with van der Waals surface area (Å²) < 4.78 is 0. The van der Waals surface area contributed by atoms with Crippen LogP contribution in [0, 0.1) is 0 Å². The first-order valence-corrected chi connectivity index (χ1v) is 14.5. The van der Waals surface area contributed by atoms with Gasteiger partial charge in [0.1, 0.15) is 11.5 Å². The minimum absolute atomic E-state index is 0.0708. The number of Topliss-reactive ketones (excluding diaryl/α,β-unsaturated/α-hetero) is 1. The van der Waals surface area contributed by atoms with Crippen molar-refractivity contribution in [3.8, 4) is 33.8 Å². The molecule has 0 bridgehead atoms. The van der Waals surface area contributed by atoms with Crippen LogP contribution in [-0.2, 0) is 14.5 Å². The molecule has 208 valence electrons. The normalized spacial score (nSPS) is 21.5. The quantitative estimate of drug-likeness (QED) is 0.220. The van der Waals surface area contributed by atoms with Crippen molar-refractivity contribution in [3.63, 3.8) is 0 Å². The first kappa shape index (κ1) is 27.8. The molecule has 2 atom stereocenters. The lowest BCUT2D eigenvalue weighted by atomic mass is 9.81. The second-order valence-corrected chi connectivity index (χ2v) is 12.0. The van der Waals surface area contributed by atoms with Crippen LogP contribution in [-0.4, -0.2) is 16.0 Å². The summed E-state index contributed by atoms with van der Waals surface area (Å²) in [5, 5.41) is 19.4. The van der Waals surface area contributed by atoms with Crippen molar-refractivity contribution >= 4 is 29.0 Å². The number of ketones is 1. The first-order chi connectivity index (χ1) is 20.3. The maximum absolute atomic E-state index is 13.5. The summed E-state index contributed by atoms with van der Waals surface area (Å²) in [6.45, 7) is 0. The fourth-order valence-corrected chi connectivity index (χ4v) is 6.22. The first-order valence-electron chi connectivity index (χ1n) is 13.7. The van der Waals surface area contributed by atoms with E-state index in [1.807, 2.05) is 109 Å². The Kier molecular flexibility index (Phi) is 7.40. The Balaban J connectivity index is 1.21. The molecule has 0 spiro atoms. The highest BCUT2D eigenvalue weighted by atomic mass is 35.5. The summed E-state index contributed by atoms with van der Waals surface area (Å²) in [6.07, 6.45) is 12.1. The number of benzene rings is 4. The number of phenols is 2. The van der Waals surface area contributed by atoms with E-state index >= 15 is 0 Å². The second-order valence-electron chi connectivity index (χ2n) is 10.6. The van der Waals surface area contributed by atoms with E-state index in [2.05, 4.69) is 0 Å². The highest BCUT2D eigenvalue weighted by Crippen LogP contribution is 2.45. The van der Waals surface area contributed by atoms with E-state index in [1.54, 1.807) is 24.3 Å². The smallest absolute Gasteiger partial charge is 0.192 e. The highest BCUT2D eigenvalue weighted by molar-refractivity contribution is 6.27. The van der Waals surface area contributed by atoms with Gasteiger partial charge in [-0.3, -0.25) is 4.79 Å².